The summed E-state index contributed by atoms with van der Waals surface area (Å²) in [6.07, 6.45) is 4.87. The molecule has 0 saturated heterocycles. The van der Waals surface area contributed by atoms with Gasteiger partial charge in [-0.25, -0.2) is 0 Å². The summed E-state index contributed by atoms with van der Waals surface area (Å²) in [6.45, 7) is 3.14. The van der Waals surface area contributed by atoms with Gasteiger partial charge in [0.05, 0.1) is 12.7 Å². The van der Waals surface area contributed by atoms with Crippen LogP contribution in [0.3, 0.4) is 0 Å². The van der Waals surface area contributed by atoms with E-state index in [1.54, 1.807) is 21.3 Å². The molecule has 7 nitrogen and oxygen atoms in total. The van der Waals surface area contributed by atoms with Gasteiger partial charge in [0.25, 0.3) is 0 Å². The highest BCUT2D eigenvalue weighted by molar-refractivity contribution is 6.60. The molecule has 0 radical (unpaired) electrons. The van der Waals surface area contributed by atoms with Crippen LogP contribution in [0.2, 0.25) is 6.04 Å². The third-order valence-electron chi connectivity index (χ3n) is 3.70. The summed E-state index contributed by atoms with van der Waals surface area (Å²) >= 11 is 0. The molecule has 0 spiro atoms. The predicted octanol–water partition coefficient (Wildman–Crippen LogP) is 0.741. The summed E-state index contributed by atoms with van der Waals surface area (Å²) in [4.78, 5) is 0. The molecule has 4 N–H and O–H groups in total. The van der Waals surface area contributed by atoms with Crippen LogP contribution in [0.1, 0.15) is 32.1 Å². The fraction of sp³-hybridized carbons (Fsp3) is 1.00. The number of aliphatic hydroxyl groups excluding tert-OH is 1. The van der Waals surface area contributed by atoms with Gasteiger partial charge in [0.15, 0.2) is 0 Å². The molecule has 0 bridgehead atoms. The lowest BCUT2D eigenvalue weighted by molar-refractivity contribution is 0.0352. The lowest BCUT2D eigenvalue weighted by Crippen LogP contribution is -2.42. The first-order valence-electron chi connectivity index (χ1n) is 8.46. The van der Waals surface area contributed by atoms with Crippen molar-refractivity contribution in [3.63, 3.8) is 0 Å². The number of nitrogens with one attached hydrogen (secondary N) is 1. The van der Waals surface area contributed by atoms with Gasteiger partial charge < -0.3 is 34.2 Å². The SMILES string of the molecule is CO[Si](CCCOCC(O)CNCCCCCCN)(OC)OC. The summed E-state index contributed by atoms with van der Waals surface area (Å²) in [7, 11) is 2.31. The van der Waals surface area contributed by atoms with Crippen LogP contribution in [-0.4, -0.2) is 74.2 Å². The van der Waals surface area contributed by atoms with E-state index in [9.17, 15) is 5.11 Å². The first-order valence-corrected chi connectivity index (χ1v) is 10.4. The number of unbranched alkanes of at least 4 members (excludes halogenated alkanes) is 3. The first kappa shape index (κ1) is 22.9. The van der Waals surface area contributed by atoms with Gasteiger partial charge in [-0.05, 0) is 32.4 Å². The smallest absolute Gasteiger partial charge is 0.389 e. The average molecular weight is 353 g/mol. The summed E-state index contributed by atoms with van der Waals surface area (Å²) in [6, 6.07) is 0.702. The van der Waals surface area contributed by atoms with Crippen molar-refractivity contribution < 1.29 is 23.1 Å². The zero-order valence-corrected chi connectivity index (χ0v) is 16.0. The van der Waals surface area contributed by atoms with Crippen molar-refractivity contribution in [1.29, 1.82) is 0 Å². The molecule has 140 valence electrons. The Morgan fingerprint density at radius 2 is 1.65 bits per heavy atom. The van der Waals surface area contributed by atoms with Crippen molar-refractivity contribution in [3.05, 3.63) is 0 Å². The van der Waals surface area contributed by atoms with Crippen molar-refractivity contribution in [1.82, 2.24) is 5.32 Å². The summed E-state index contributed by atoms with van der Waals surface area (Å²) in [5, 5.41) is 13.1. The summed E-state index contributed by atoms with van der Waals surface area (Å²) in [5.41, 5.74) is 5.44. The first-order chi connectivity index (χ1) is 11.1. The highest BCUT2D eigenvalue weighted by atomic mass is 28.4. The van der Waals surface area contributed by atoms with Crippen LogP contribution in [0.5, 0.6) is 0 Å². The molecule has 0 amide bonds. The van der Waals surface area contributed by atoms with E-state index >= 15 is 0 Å². The van der Waals surface area contributed by atoms with E-state index in [2.05, 4.69) is 5.32 Å². The Labute approximate surface area is 142 Å². The Hall–Kier alpha value is -0.0631. The molecule has 0 aliphatic rings. The second kappa shape index (κ2) is 15.5. The normalized spacial score (nSPS) is 13.4. The Morgan fingerprint density at radius 3 is 2.26 bits per heavy atom. The predicted molar refractivity (Wildman–Crippen MR) is 93.4 cm³/mol. The van der Waals surface area contributed by atoms with E-state index in [1.807, 2.05) is 0 Å². The molecule has 0 aromatic carbocycles. The van der Waals surface area contributed by atoms with Gasteiger partial charge in [-0.2, -0.15) is 0 Å². The van der Waals surface area contributed by atoms with Gasteiger partial charge in [0.2, 0.25) is 0 Å². The Morgan fingerprint density at radius 1 is 1.00 bits per heavy atom. The zero-order chi connectivity index (χ0) is 17.4. The lowest BCUT2D eigenvalue weighted by atomic mass is 10.2. The molecule has 0 rings (SSSR count). The molecule has 0 fully saturated rings. The van der Waals surface area contributed by atoms with Crippen LogP contribution in [0.25, 0.3) is 0 Å². The highest BCUT2D eigenvalue weighted by Crippen LogP contribution is 2.14. The van der Waals surface area contributed by atoms with Crippen LogP contribution in [0.15, 0.2) is 0 Å². The number of aliphatic hydroxyl groups is 1. The van der Waals surface area contributed by atoms with E-state index in [1.165, 1.54) is 12.8 Å². The van der Waals surface area contributed by atoms with Gasteiger partial charge in [0.1, 0.15) is 0 Å². The second-order valence-electron chi connectivity index (χ2n) is 5.53. The molecule has 1 unspecified atom stereocenters. The molecule has 0 heterocycles. The minimum atomic E-state index is -2.50. The van der Waals surface area contributed by atoms with E-state index in [0.29, 0.717) is 25.8 Å². The maximum atomic E-state index is 9.82. The molecule has 0 saturated carbocycles. The Kier molecular flexibility index (Phi) is 15.4. The van der Waals surface area contributed by atoms with Crippen molar-refractivity contribution in [2.45, 2.75) is 44.3 Å². The average Bonchev–Trinajstić information content (AvgIpc) is 2.58. The molecular formula is C15H36N2O5Si. The molecule has 8 heteroatoms. The monoisotopic (exact) mass is 352 g/mol. The van der Waals surface area contributed by atoms with Crippen molar-refractivity contribution >= 4 is 8.80 Å². The van der Waals surface area contributed by atoms with Gasteiger partial charge in [-0.15, -0.1) is 0 Å². The number of hydrogen-bond donors (Lipinski definition) is 3. The fourth-order valence-corrected chi connectivity index (χ4v) is 3.93. The van der Waals surface area contributed by atoms with Gasteiger partial charge in [-0.1, -0.05) is 12.8 Å². The minimum absolute atomic E-state index is 0.335. The third kappa shape index (κ3) is 12.0. The lowest BCUT2D eigenvalue weighted by Gasteiger charge is -2.24. The molecule has 0 aromatic rings. The Balaban J connectivity index is 3.47. The van der Waals surface area contributed by atoms with Gasteiger partial charge in [0, 0.05) is 40.5 Å². The van der Waals surface area contributed by atoms with E-state index in [0.717, 1.165) is 32.4 Å². The van der Waals surface area contributed by atoms with E-state index in [4.69, 9.17) is 23.7 Å². The van der Waals surface area contributed by atoms with E-state index in [-0.39, 0.29) is 0 Å². The summed E-state index contributed by atoms with van der Waals surface area (Å²) in [5.74, 6) is 0. The maximum absolute atomic E-state index is 9.82. The molecule has 0 aromatic heterocycles. The van der Waals surface area contributed by atoms with Crippen LogP contribution in [0.4, 0.5) is 0 Å². The van der Waals surface area contributed by atoms with Gasteiger partial charge >= 0.3 is 8.80 Å². The summed E-state index contributed by atoms with van der Waals surface area (Å²) < 4.78 is 21.5. The van der Waals surface area contributed by atoms with Crippen LogP contribution in [0, 0.1) is 0 Å². The van der Waals surface area contributed by atoms with E-state index < -0.39 is 14.9 Å². The van der Waals surface area contributed by atoms with Crippen molar-refractivity contribution in [2.24, 2.45) is 5.73 Å². The van der Waals surface area contributed by atoms with Crippen LogP contribution in [-0.2, 0) is 18.0 Å². The third-order valence-corrected chi connectivity index (χ3v) is 6.53. The molecule has 1 atom stereocenters. The minimum Gasteiger partial charge on any atom is -0.389 e. The number of rotatable bonds is 17. The van der Waals surface area contributed by atoms with Crippen molar-refractivity contribution in [3.8, 4) is 0 Å². The van der Waals surface area contributed by atoms with Gasteiger partial charge in [-0.3, -0.25) is 0 Å². The molecular weight excluding hydrogens is 316 g/mol. The standard InChI is InChI=1S/C15H36N2O5Si/c1-19-23(20-2,21-3)12-8-11-22-14-15(18)13-17-10-7-5-4-6-9-16/h15,17-18H,4-14,16H2,1-3H3. The quantitative estimate of drug-likeness (QED) is 0.262. The highest BCUT2D eigenvalue weighted by Gasteiger charge is 2.36. The van der Waals surface area contributed by atoms with Crippen molar-refractivity contribution in [2.75, 3.05) is 54.2 Å². The largest absolute Gasteiger partial charge is 0.500 e. The number of ether oxygens (including phenoxy) is 1. The topological polar surface area (TPSA) is 95.2 Å². The number of hydrogen-bond acceptors (Lipinski definition) is 7. The molecule has 0 aliphatic heterocycles. The van der Waals surface area contributed by atoms with Crippen LogP contribution < -0.4 is 11.1 Å². The maximum Gasteiger partial charge on any atom is 0.500 e. The number of nitrogens with two attached hydrogens (primary N) is 1. The van der Waals surface area contributed by atoms with Crippen LogP contribution >= 0.6 is 0 Å². The molecule has 23 heavy (non-hydrogen) atoms. The zero-order valence-electron chi connectivity index (χ0n) is 15.0. The Bertz CT molecular complexity index is 250. The molecule has 0 aliphatic carbocycles. The second-order valence-corrected chi connectivity index (χ2v) is 8.63. The fourth-order valence-electron chi connectivity index (χ4n) is 2.24.